The number of hydrogen-bond donors (Lipinski definition) is 2. The van der Waals surface area contributed by atoms with Gasteiger partial charge in [-0.1, -0.05) is 30.3 Å². The van der Waals surface area contributed by atoms with Crippen LogP contribution in [-0.4, -0.2) is 65.3 Å². The van der Waals surface area contributed by atoms with E-state index in [1.54, 1.807) is 0 Å². The van der Waals surface area contributed by atoms with Crippen LogP contribution >= 0.6 is 0 Å². The van der Waals surface area contributed by atoms with E-state index >= 15 is 0 Å². The van der Waals surface area contributed by atoms with Crippen LogP contribution in [0.2, 0.25) is 0 Å². The minimum absolute atomic E-state index is 0.292. The fraction of sp³-hybridized carbons (Fsp3) is 0.533. The van der Waals surface area contributed by atoms with Gasteiger partial charge in [0, 0.05) is 39.3 Å². The third-order valence-corrected chi connectivity index (χ3v) is 3.76. The van der Waals surface area contributed by atoms with E-state index in [4.69, 9.17) is 10.2 Å². The van der Waals surface area contributed by atoms with E-state index < -0.39 is 11.9 Å². The number of carboxylic acids is 1. The van der Waals surface area contributed by atoms with Crippen molar-refractivity contribution in [2.75, 3.05) is 39.3 Å². The second-order valence-electron chi connectivity index (χ2n) is 5.28. The molecule has 110 valence electrons. The molecule has 0 aromatic heterocycles. The predicted octanol–water partition coefficient (Wildman–Crippen LogP) is 0.497. The summed E-state index contributed by atoms with van der Waals surface area (Å²) in [6.07, 6.45) is 0. The van der Waals surface area contributed by atoms with E-state index in [2.05, 4.69) is 21.9 Å². The minimum atomic E-state index is -0.917. The van der Waals surface area contributed by atoms with E-state index in [-0.39, 0.29) is 6.61 Å². The Morgan fingerprint density at radius 3 is 2.25 bits per heavy atom. The molecule has 0 aliphatic carbocycles. The first kappa shape index (κ1) is 15.0. The number of aliphatic hydroxyl groups is 1. The molecule has 1 saturated heterocycles. The summed E-state index contributed by atoms with van der Waals surface area (Å²) in [5.41, 5.74) is 1.31. The Morgan fingerprint density at radius 2 is 1.70 bits per heavy atom. The Morgan fingerprint density at radius 1 is 1.10 bits per heavy atom. The molecule has 0 amide bonds. The standard InChI is InChI=1S/C15H22N2O3/c18-12-14(15(19)20)11-17-8-6-16(7-9-17)10-13-4-2-1-3-5-13/h1-5,14,18H,6-12H2,(H,19,20). The number of carbonyl (C=O) groups is 1. The maximum absolute atomic E-state index is 10.9. The van der Waals surface area contributed by atoms with E-state index in [1.165, 1.54) is 5.56 Å². The number of nitrogens with zero attached hydrogens (tertiary/aromatic N) is 2. The van der Waals surface area contributed by atoms with Crippen molar-refractivity contribution in [3.63, 3.8) is 0 Å². The summed E-state index contributed by atoms with van der Waals surface area (Å²) in [5, 5.41) is 18.0. The molecule has 1 aliphatic heterocycles. The number of aliphatic carboxylic acids is 1. The molecule has 1 aromatic carbocycles. The topological polar surface area (TPSA) is 64.0 Å². The largest absolute Gasteiger partial charge is 0.481 e. The van der Waals surface area contributed by atoms with Crippen LogP contribution in [0.5, 0.6) is 0 Å². The van der Waals surface area contributed by atoms with Gasteiger partial charge in [-0.3, -0.25) is 14.6 Å². The minimum Gasteiger partial charge on any atom is -0.481 e. The lowest BCUT2D eigenvalue weighted by molar-refractivity contribution is -0.144. The summed E-state index contributed by atoms with van der Waals surface area (Å²) >= 11 is 0. The van der Waals surface area contributed by atoms with E-state index in [0.29, 0.717) is 6.54 Å². The molecule has 0 spiro atoms. The molecular formula is C15H22N2O3. The van der Waals surface area contributed by atoms with Gasteiger partial charge in [0.15, 0.2) is 0 Å². The molecule has 2 N–H and O–H groups in total. The molecule has 1 atom stereocenters. The number of piperazine rings is 1. The van der Waals surface area contributed by atoms with Crippen LogP contribution in [-0.2, 0) is 11.3 Å². The molecule has 0 radical (unpaired) electrons. The Labute approximate surface area is 119 Å². The van der Waals surface area contributed by atoms with Crippen LogP contribution in [0, 0.1) is 5.92 Å². The molecule has 5 heteroatoms. The number of aliphatic hydroxyl groups excluding tert-OH is 1. The third kappa shape index (κ3) is 4.30. The Kier molecular flexibility index (Phi) is 5.52. The van der Waals surface area contributed by atoms with Crippen molar-refractivity contribution < 1.29 is 15.0 Å². The van der Waals surface area contributed by atoms with Crippen LogP contribution < -0.4 is 0 Å². The summed E-state index contributed by atoms with van der Waals surface area (Å²) < 4.78 is 0. The molecule has 0 bridgehead atoms. The summed E-state index contributed by atoms with van der Waals surface area (Å²) in [6, 6.07) is 10.4. The van der Waals surface area contributed by atoms with Gasteiger partial charge in [0.1, 0.15) is 0 Å². The van der Waals surface area contributed by atoms with E-state index in [1.807, 2.05) is 18.2 Å². The van der Waals surface area contributed by atoms with E-state index in [0.717, 1.165) is 32.7 Å². The SMILES string of the molecule is O=C(O)C(CO)CN1CCN(Cc2ccccc2)CC1. The summed E-state index contributed by atoms with van der Waals surface area (Å²) in [6.45, 7) is 4.67. The Hall–Kier alpha value is -1.43. The van der Waals surface area contributed by atoms with Gasteiger partial charge in [-0.15, -0.1) is 0 Å². The lowest BCUT2D eigenvalue weighted by atomic mass is 10.1. The highest BCUT2D eigenvalue weighted by molar-refractivity contribution is 5.70. The number of hydrogen-bond acceptors (Lipinski definition) is 4. The van der Waals surface area contributed by atoms with Crippen LogP contribution in [0.1, 0.15) is 5.56 Å². The first-order valence-electron chi connectivity index (χ1n) is 7.01. The molecule has 1 heterocycles. The lowest BCUT2D eigenvalue weighted by Gasteiger charge is -2.35. The average molecular weight is 278 g/mol. The zero-order chi connectivity index (χ0) is 14.4. The quantitative estimate of drug-likeness (QED) is 0.793. The van der Waals surface area contributed by atoms with Crippen molar-refractivity contribution in [2.45, 2.75) is 6.54 Å². The van der Waals surface area contributed by atoms with Gasteiger partial charge < -0.3 is 10.2 Å². The zero-order valence-corrected chi connectivity index (χ0v) is 11.6. The maximum Gasteiger partial charge on any atom is 0.310 e. The molecule has 1 unspecified atom stereocenters. The van der Waals surface area contributed by atoms with Gasteiger partial charge in [0.25, 0.3) is 0 Å². The lowest BCUT2D eigenvalue weighted by Crippen LogP contribution is -2.48. The summed E-state index contributed by atoms with van der Waals surface area (Å²) in [4.78, 5) is 15.4. The Bertz CT molecular complexity index is 416. The molecule has 0 saturated carbocycles. The maximum atomic E-state index is 10.9. The fourth-order valence-corrected chi connectivity index (χ4v) is 2.50. The molecule has 1 aromatic rings. The third-order valence-electron chi connectivity index (χ3n) is 3.76. The van der Waals surface area contributed by atoms with Crippen molar-refractivity contribution in [2.24, 2.45) is 5.92 Å². The highest BCUT2D eigenvalue weighted by atomic mass is 16.4. The number of benzene rings is 1. The van der Waals surface area contributed by atoms with Crippen LogP contribution in [0.25, 0.3) is 0 Å². The van der Waals surface area contributed by atoms with Gasteiger partial charge in [0.2, 0.25) is 0 Å². The number of carboxylic acid groups (broad SMARTS) is 1. The van der Waals surface area contributed by atoms with Crippen molar-refractivity contribution in [3.05, 3.63) is 35.9 Å². The fourth-order valence-electron chi connectivity index (χ4n) is 2.50. The van der Waals surface area contributed by atoms with Gasteiger partial charge in [-0.2, -0.15) is 0 Å². The molecule has 5 nitrogen and oxygen atoms in total. The second-order valence-corrected chi connectivity index (χ2v) is 5.28. The van der Waals surface area contributed by atoms with Crippen LogP contribution in [0.4, 0.5) is 0 Å². The predicted molar refractivity (Wildman–Crippen MR) is 76.4 cm³/mol. The van der Waals surface area contributed by atoms with E-state index in [9.17, 15) is 4.79 Å². The normalized spacial score (nSPS) is 18.9. The van der Waals surface area contributed by atoms with Crippen molar-refractivity contribution >= 4 is 5.97 Å². The smallest absolute Gasteiger partial charge is 0.310 e. The summed E-state index contributed by atoms with van der Waals surface area (Å²) in [5.74, 6) is -1.59. The van der Waals surface area contributed by atoms with Crippen LogP contribution in [0.15, 0.2) is 30.3 Å². The van der Waals surface area contributed by atoms with Crippen LogP contribution in [0.3, 0.4) is 0 Å². The van der Waals surface area contributed by atoms with Crippen molar-refractivity contribution in [1.29, 1.82) is 0 Å². The highest BCUT2D eigenvalue weighted by Gasteiger charge is 2.23. The number of rotatable bonds is 6. The van der Waals surface area contributed by atoms with Crippen molar-refractivity contribution in [1.82, 2.24) is 9.80 Å². The highest BCUT2D eigenvalue weighted by Crippen LogP contribution is 2.10. The molecular weight excluding hydrogens is 256 g/mol. The molecule has 1 fully saturated rings. The molecule has 1 aliphatic rings. The molecule has 2 rings (SSSR count). The van der Waals surface area contributed by atoms with Gasteiger partial charge in [0.05, 0.1) is 12.5 Å². The zero-order valence-electron chi connectivity index (χ0n) is 11.6. The average Bonchev–Trinajstić information content (AvgIpc) is 2.47. The molecule has 20 heavy (non-hydrogen) atoms. The van der Waals surface area contributed by atoms with Crippen molar-refractivity contribution in [3.8, 4) is 0 Å². The monoisotopic (exact) mass is 278 g/mol. The first-order chi connectivity index (χ1) is 9.69. The Balaban J connectivity index is 1.76. The first-order valence-corrected chi connectivity index (χ1v) is 7.01. The van der Waals surface area contributed by atoms with Gasteiger partial charge >= 0.3 is 5.97 Å². The van der Waals surface area contributed by atoms with Gasteiger partial charge in [-0.25, -0.2) is 0 Å². The summed E-state index contributed by atoms with van der Waals surface area (Å²) in [7, 11) is 0. The van der Waals surface area contributed by atoms with Gasteiger partial charge in [-0.05, 0) is 5.56 Å². The second kappa shape index (κ2) is 7.38.